The molecule has 2 aromatic rings. The van der Waals surface area contributed by atoms with E-state index in [4.69, 9.17) is 16.3 Å². The molecule has 1 amide bonds. The van der Waals surface area contributed by atoms with E-state index in [2.05, 4.69) is 5.32 Å². The Hall–Kier alpha value is -2.42. The van der Waals surface area contributed by atoms with E-state index in [1.54, 1.807) is 31.2 Å². The Bertz CT molecular complexity index is 1030. The molecule has 7 nitrogen and oxygen atoms in total. The number of hydrogen-bond donors (Lipinski definition) is 1. The molecule has 1 aliphatic heterocycles. The predicted octanol–water partition coefficient (Wildman–Crippen LogP) is 3.94. The molecular formula is C21H23ClN2O5S. The van der Waals surface area contributed by atoms with Crippen LogP contribution in [0.3, 0.4) is 0 Å². The number of esters is 1. The monoisotopic (exact) mass is 450 g/mol. The van der Waals surface area contributed by atoms with Crippen LogP contribution in [0.5, 0.6) is 0 Å². The van der Waals surface area contributed by atoms with E-state index in [1.165, 1.54) is 22.5 Å². The van der Waals surface area contributed by atoms with Crippen molar-refractivity contribution in [2.24, 2.45) is 0 Å². The van der Waals surface area contributed by atoms with E-state index in [1.807, 2.05) is 0 Å². The number of rotatable bonds is 6. The number of sulfonamides is 1. The van der Waals surface area contributed by atoms with Gasteiger partial charge in [-0.3, -0.25) is 4.79 Å². The van der Waals surface area contributed by atoms with Crippen molar-refractivity contribution in [1.82, 2.24) is 4.31 Å². The van der Waals surface area contributed by atoms with Crippen molar-refractivity contribution in [3.8, 4) is 0 Å². The number of ether oxygens (including phenoxy) is 1. The molecule has 1 saturated heterocycles. The summed E-state index contributed by atoms with van der Waals surface area (Å²) in [4.78, 5) is 24.3. The van der Waals surface area contributed by atoms with Gasteiger partial charge in [-0.05, 0) is 62.2 Å². The predicted molar refractivity (Wildman–Crippen MR) is 114 cm³/mol. The Kier molecular flexibility index (Phi) is 7.12. The van der Waals surface area contributed by atoms with Crippen LogP contribution in [0.4, 0.5) is 5.69 Å². The van der Waals surface area contributed by atoms with Crippen LogP contribution in [-0.4, -0.2) is 44.3 Å². The van der Waals surface area contributed by atoms with Crippen LogP contribution in [0, 0.1) is 0 Å². The molecule has 2 aromatic carbocycles. The van der Waals surface area contributed by atoms with Gasteiger partial charge in [-0.1, -0.05) is 18.0 Å². The van der Waals surface area contributed by atoms with Crippen molar-refractivity contribution < 1.29 is 22.7 Å². The lowest BCUT2D eigenvalue weighted by molar-refractivity contribution is 0.0526. The molecule has 160 valence electrons. The molecule has 0 spiro atoms. The third kappa shape index (κ3) is 5.00. The van der Waals surface area contributed by atoms with E-state index >= 15 is 0 Å². The summed E-state index contributed by atoms with van der Waals surface area (Å²) in [6.45, 7) is 2.89. The van der Waals surface area contributed by atoms with E-state index < -0.39 is 21.9 Å². The molecule has 30 heavy (non-hydrogen) atoms. The number of halogens is 1. The Balaban J connectivity index is 1.78. The molecule has 0 bridgehead atoms. The average Bonchev–Trinajstić information content (AvgIpc) is 2.75. The summed E-state index contributed by atoms with van der Waals surface area (Å²) in [5.74, 6) is -0.925. The van der Waals surface area contributed by atoms with Crippen LogP contribution in [0.2, 0.25) is 5.02 Å². The second kappa shape index (κ2) is 9.59. The van der Waals surface area contributed by atoms with Gasteiger partial charge in [0, 0.05) is 24.3 Å². The SMILES string of the molecule is CCOC(=O)c1ccc(NC(=O)c2ccc(Cl)c(S(=O)(=O)N3CCCCC3)c2)cc1. The fraction of sp³-hybridized carbons (Fsp3) is 0.333. The van der Waals surface area contributed by atoms with Gasteiger partial charge in [0.2, 0.25) is 10.0 Å². The first-order chi connectivity index (χ1) is 14.3. The van der Waals surface area contributed by atoms with Gasteiger partial charge in [-0.15, -0.1) is 0 Å². The largest absolute Gasteiger partial charge is 0.462 e. The Labute approximate surface area is 181 Å². The van der Waals surface area contributed by atoms with Gasteiger partial charge in [0.05, 0.1) is 17.2 Å². The number of nitrogens with one attached hydrogen (secondary N) is 1. The first-order valence-electron chi connectivity index (χ1n) is 9.71. The highest BCUT2D eigenvalue weighted by Crippen LogP contribution is 2.28. The average molecular weight is 451 g/mol. The first-order valence-corrected chi connectivity index (χ1v) is 11.5. The molecular weight excluding hydrogens is 428 g/mol. The van der Waals surface area contributed by atoms with Crippen molar-refractivity contribution in [2.45, 2.75) is 31.1 Å². The topological polar surface area (TPSA) is 92.8 Å². The van der Waals surface area contributed by atoms with E-state index in [-0.39, 0.29) is 22.1 Å². The lowest BCUT2D eigenvalue weighted by atomic mass is 10.2. The summed E-state index contributed by atoms with van der Waals surface area (Å²) in [5.41, 5.74) is 1.00. The summed E-state index contributed by atoms with van der Waals surface area (Å²) in [6, 6.07) is 10.4. The fourth-order valence-electron chi connectivity index (χ4n) is 3.19. The second-order valence-corrected chi connectivity index (χ2v) is 9.18. The highest BCUT2D eigenvalue weighted by molar-refractivity contribution is 7.89. The zero-order valence-electron chi connectivity index (χ0n) is 16.6. The van der Waals surface area contributed by atoms with Gasteiger partial charge < -0.3 is 10.1 Å². The molecule has 0 unspecified atom stereocenters. The van der Waals surface area contributed by atoms with Crippen LogP contribution < -0.4 is 5.32 Å². The molecule has 9 heteroatoms. The smallest absolute Gasteiger partial charge is 0.338 e. The maximum Gasteiger partial charge on any atom is 0.338 e. The van der Waals surface area contributed by atoms with Crippen molar-refractivity contribution in [3.05, 3.63) is 58.6 Å². The number of anilines is 1. The number of carbonyl (C=O) groups excluding carboxylic acids is 2. The maximum atomic E-state index is 13.0. The van der Waals surface area contributed by atoms with E-state index in [0.29, 0.717) is 24.3 Å². The minimum Gasteiger partial charge on any atom is -0.462 e. The molecule has 0 saturated carbocycles. The number of amides is 1. The Morgan fingerprint density at radius 2 is 1.67 bits per heavy atom. The zero-order chi connectivity index (χ0) is 21.7. The zero-order valence-corrected chi connectivity index (χ0v) is 18.1. The number of carbonyl (C=O) groups is 2. The molecule has 1 fully saturated rings. The van der Waals surface area contributed by atoms with Crippen molar-refractivity contribution >= 4 is 39.2 Å². The van der Waals surface area contributed by atoms with Crippen LogP contribution in [0.25, 0.3) is 0 Å². The minimum absolute atomic E-state index is 0.0728. The minimum atomic E-state index is -3.77. The van der Waals surface area contributed by atoms with Crippen molar-refractivity contribution in [2.75, 3.05) is 25.0 Å². The number of benzene rings is 2. The van der Waals surface area contributed by atoms with E-state index in [0.717, 1.165) is 19.3 Å². The van der Waals surface area contributed by atoms with Crippen LogP contribution in [-0.2, 0) is 14.8 Å². The van der Waals surface area contributed by atoms with Crippen LogP contribution >= 0.6 is 11.6 Å². The van der Waals surface area contributed by atoms with Gasteiger partial charge in [-0.25, -0.2) is 13.2 Å². The fourth-order valence-corrected chi connectivity index (χ4v) is 5.21. The molecule has 0 aliphatic carbocycles. The quantitative estimate of drug-likeness (QED) is 0.673. The van der Waals surface area contributed by atoms with Gasteiger partial charge in [0.1, 0.15) is 4.90 Å². The molecule has 1 N–H and O–H groups in total. The molecule has 0 aromatic heterocycles. The molecule has 1 heterocycles. The van der Waals surface area contributed by atoms with Crippen LogP contribution in [0.15, 0.2) is 47.4 Å². The van der Waals surface area contributed by atoms with Gasteiger partial charge >= 0.3 is 5.97 Å². The Morgan fingerprint density at radius 1 is 1.03 bits per heavy atom. The highest BCUT2D eigenvalue weighted by Gasteiger charge is 2.28. The second-order valence-electron chi connectivity index (χ2n) is 6.86. The molecule has 0 atom stereocenters. The summed E-state index contributed by atoms with van der Waals surface area (Å²) in [6.07, 6.45) is 2.61. The highest BCUT2D eigenvalue weighted by atomic mass is 35.5. The third-order valence-electron chi connectivity index (χ3n) is 4.78. The Morgan fingerprint density at radius 3 is 2.30 bits per heavy atom. The number of nitrogens with zero attached hydrogens (tertiary/aromatic N) is 1. The lowest BCUT2D eigenvalue weighted by Gasteiger charge is -2.26. The molecule has 0 radical (unpaired) electrons. The number of hydrogen-bond acceptors (Lipinski definition) is 5. The maximum absolute atomic E-state index is 13.0. The van der Waals surface area contributed by atoms with Gasteiger partial charge in [0.25, 0.3) is 5.91 Å². The molecule has 1 aliphatic rings. The van der Waals surface area contributed by atoms with Crippen molar-refractivity contribution in [3.63, 3.8) is 0 Å². The summed E-state index contributed by atoms with van der Waals surface area (Å²) >= 11 is 6.16. The van der Waals surface area contributed by atoms with E-state index in [9.17, 15) is 18.0 Å². The number of piperidine rings is 1. The van der Waals surface area contributed by atoms with Crippen LogP contribution in [0.1, 0.15) is 46.9 Å². The lowest BCUT2D eigenvalue weighted by Crippen LogP contribution is -2.35. The van der Waals surface area contributed by atoms with Crippen molar-refractivity contribution in [1.29, 1.82) is 0 Å². The molecule has 3 rings (SSSR count). The summed E-state index contributed by atoms with van der Waals surface area (Å²) in [5, 5.41) is 2.77. The van der Waals surface area contributed by atoms with Gasteiger partial charge in [-0.2, -0.15) is 4.31 Å². The standard InChI is InChI=1S/C21H23ClN2O5S/c1-2-29-21(26)15-6-9-17(10-7-15)23-20(25)16-8-11-18(22)19(14-16)30(27,28)24-12-4-3-5-13-24/h6-11,14H,2-5,12-13H2,1H3,(H,23,25). The summed E-state index contributed by atoms with van der Waals surface area (Å²) in [7, 11) is -3.77. The third-order valence-corrected chi connectivity index (χ3v) is 7.16. The first kappa shape index (κ1) is 22.3. The normalized spacial score (nSPS) is 14.9. The van der Waals surface area contributed by atoms with Gasteiger partial charge in [0.15, 0.2) is 0 Å². The summed E-state index contributed by atoms with van der Waals surface area (Å²) < 4.78 is 32.3.